The lowest BCUT2D eigenvalue weighted by Crippen LogP contribution is -2.63. The predicted octanol–water partition coefficient (Wildman–Crippen LogP) is 2.92. The lowest BCUT2D eigenvalue weighted by Gasteiger charge is -2.43. The molecule has 1 aliphatic heterocycles. The van der Waals surface area contributed by atoms with Gasteiger partial charge in [-0.05, 0) is 31.4 Å². The second-order valence-electron chi connectivity index (χ2n) is 6.02. The summed E-state index contributed by atoms with van der Waals surface area (Å²) >= 11 is 6.23. The monoisotopic (exact) mass is 321 g/mol. The number of hydrogen-bond donors (Lipinski definition) is 2. The fourth-order valence-corrected chi connectivity index (χ4v) is 3.50. The van der Waals surface area contributed by atoms with Crippen molar-refractivity contribution in [1.29, 1.82) is 0 Å². The molecule has 1 aromatic rings. The third kappa shape index (κ3) is 2.90. The van der Waals surface area contributed by atoms with Crippen molar-refractivity contribution >= 4 is 29.2 Å². The van der Waals surface area contributed by atoms with Crippen LogP contribution in [-0.4, -0.2) is 35.5 Å². The van der Waals surface area contributed by atoms with E-state index in [1.54, 1.807) is 11.0 Å². The molecule has 6 heteroatoms. The van der Waals surface area contributed by atoms with Gasteiger partial charge >= 0.3 is 6.03 Å². The van der Waals surface area contributed by atoms with E-state index in [2.05, 4.69) is 10.6 Å². The van der Waals surface area contributed by atoms with Crippen molar-refractivity contribution in [2.45, 2.75) is 44.7 Å². The molecule has 5 nitrogen and oxygen atoms in total. The second-order valence-corrected chi connectivity index (χ2v) is 6.40. The van der Waals surface area contributed by atoms with Gasteiger partial charge in [-0.25, -0.2) is 4.79 Å². The summed E-state index contributed by atoms with van der Waals surface area (Å²) < 4.78 is 0. The van der Waals surface area contributed by atoms with Gasteiger partial charge in [-0.15, -0.1) is 0 Å². The van der Waals surface area contributed by atoms with Gasteiger partial charge in [0.1, 0.15) is 6.54 Å². The molecule has 22 heavy (non-hydrogen) atoms. The molecule has 0 bridgehead atoms. The van der Waals surface area contributed by atoms with Crippen molar-refractivity contribution in [3.05, 3.63) is 28.8 Å². The molecule has 2 unspecified atom stereocenters. The molecule has 118 valence electrons. The number of carbonyl (C=O) groups excluding carboxylic acids is 2. The van der Waals surface area contributed by atoms with Gasteiger partial charge in [0.05, 0.1) is 16.8 Å². The highest BCUT2D eigenvalue weighted by molar-refractivity contribution is 6.34. The number of nitrogens with one attached hydrogen (secondary N) is 2. The first-order chi connectivity index (χ1) is 10.6. The van der Waals surface area contributed by atoms with E-state index >= 15 is 0 Å². The maximum absolute atomic E-state index is 12.6. The minimum atomic E-state index is -0.251. The highest BCUT2D eigenvalue weighted by Gasteiger charge is 2.38. The van der Waals surface area contributed by atoms with E-state index in [-0.39, 0.29) is 30.6 Å². The molecular formula is C16H20ClN3O2. The molecule has 0 radical (unpaired) electrons. The number of piperazine rings is 1. The first-order valence-electron chi connectivity index (χ1n) is 7.68. The molecule has 3 amide bonds. The Kier molecular flexibility index (Phi) is 4.25. The van der Waals surface area contributed by atoms with Crippen LogP contribution in [0, 0.1) is 6.92 Å². The molecule has 1 aromatic carbocycles. The first-order valence-corrected chi connectivity index (χ1v) is 8.06. The highest BCUT2D eigenvalue weighted by Crippen LogP contribution is 2.28. The smallest absolute Gasteiger partial charge is 0.322 e. The van der Waals surface area contributed by atoms with Gasteiger partial charge in [-0.1, -0.05) is 36.6 Å². The van der Waals surface area contributed by atoms with Crippen molar-refractivity contribution in [2.75, 3.05) is 11.9 Å². The summed E-state index contributed by atoms with van der Waals surface area (Å²) in [7, 11) is 0. The van der Waals surface area contributed by atoms with Gasteiger partial charge in [0.25, 0.3) is 0 Å². The quantitative estimate of drug-likeness (QED) is 0.835. The molecule has 2 aliphatic rings. The lowest BCUT2D eigenvalue weighted by atomic mass is 9.87. The van der Waals surface area contributed by atoms with Crippen molar-refractivity contribution in [3.8, 4) is 0 Å². The van der Waals surface area contributed by atoms with E-state index in [4.69, 9.17) is 11.6 Å². The van der Waals surface area contributed by atoms with E-state index in [0.717, 1.165) is 31.2 Å². The van der Waals surface area contributed by atoms with Crippen molar-refractivity contribution in [1.82, 2.24) is 10.2 Å². The summed E-state index contributed by atoms with van der Waals surface area (Å²) in [5.74, 6) is -0.0892. The summed E-state index contributed by atoms with van der Waals surface area (Å²) in [5, 5.41) is 6.39. The fraction of sp³-hybridized carbons (Fsp3) is 0.500. The number of aryl methyl sites for hydroxylation is 1. The zero-order chi connectivity index (χ0) is 15.7. The zero-order valence-corrected chi connectivity index (χ0v) is 13.3. The molecule has 0 spiro atoms. The van der Waals surface area contributed by atoms with Crippen LogP contribution in [0.5, 0.6) is 0 Å². The predicted molar refractivity (Wildman–Crippen MR) is 86.1 cm³/mol. The molecule has 2 atom stereocenters. The Morgan fingerprint density at radius 3 is 2.95 bits per heavy atom. The number of hydrogen-bond acceptors (Lipinski definition) is 2. The maximum Gasteiger partial charge on any atom is 0.322 e. The zero-order valence-electron chi connectivity index (χ0n) is 12.6. The minimum Gasteiger partial charge on any atom is -0.350 e. The van der Waals surface area contributed by atoms with E-state index in [1.165, 1.54) is 0 Å². The summed E-state index contributed by atoms with van der Waals surface area (Å²) in [6, 6.07) is 5.42. The average molecular weight is 322 g/mol. The summed E-state index contributed by atoms with van der Waals surface area (Å²) in [5.41, 5.74) is 1.50. The molecule has 1 saturated carbocycles. The summed E-state index contributed by atoms with van der Waals surface area (Å²) in [6.07, 6.45) is 4.05. The highest BCUT2D eigenvalue weighted by atomic mass is 35.5. The largest absolute Gasteiger partial charge is 0.350 e. The number of benzene rings is 1. The van der Waals surface area contributed by atoms with Crippen LogP contribution in [0.4, 0.5) is 10.5 Å². The lowest BCUT2D eigenvalue weighted by molar-refractivity contribution is -0.126. The Bertz CT molecular complexity index is 605. The van der Waals surface area contributed by atoms with Crippen LogP contribution < -0.4 is 10.6 Å². The molecule has 2 N–H and O–H groups in total. The Balaban J connectivity index is 1.78. The van der Waals surface area contributed by atoms with Gasteiger partial charge in [0.15, 0.2) is 0 Å². The maximum atomic E-state index is 12.6. The van der Waals surface area contributed by atoms with Crippen LogP contribution in [0.15, 0.2) is 18.2 Å². The topological polar surface area (TPSA) is 61.4 Å². The molecule has 1 aliphatic carbocycles. The van der Waals surface area contributed by atoms with E-state index < -0.39 is 0 Å². The fourth-order valence-electron chi connectivity index (χ4n) is 3.33. The van der Waals surface area contributed by atoms with Crippen LogP contribution in [-0.2, 0) is 4.79 Å². The SMILES string of the molecule is Cc1cccc(NC(=O)N2CC(=O)NC3CCCCC32)c1Cl. The number of anilines is 1. The molecule has 1 heterocycles. The Hall–Kier alpha value is -1.75. The number of rotatable bonds is 1. The average Bonchev–Trinajstić information content (AvgIpc) is 2.51. The number of carbonyl (C=O) groups is 2. The van der Waals surface area contributed by atoms with Crippen LogP contribution in [0.2, 0.25) is 5.02 Å². The molecule has 0 aromatic heterocycles. The van der Waals surface area contributed by atoms with Crippen molar-refractivity contribution < 1.29 is 9.59 Å². The third-order valence-corrected chi connectivity index (χ3v) is 4.99. The van der Waals surface area contributed by atoms with Gasteiger partial charge in [-0.2, -0.15) is 0 Å². The number of urea groups is 1. The molecule has 2 fully saturated rings. The van der Waals surface area contributed by atoms with E-state index in [1.807, 2.05) is 19.1 Å². The standard InChI is InChI=1S/C16H20ClN3O2/c1-10-5-4-7-12(15(10)17)19-16(22)20-9-14(21)18-11-6-2-3-8-13(11)20/h4-5,7,11,13H,2-3,6,8-9H2,1H3,(H,18,21)(H,19,22). The number of fused-ring (bicyclic) bond motifs is 1. The van der Waals surface area contributed by atoms with Crippen LogP contribution in [0.3, 0.4) is 0 Å². The third-order valence-electron chi connectivity index (χ3n) is 4.48. The normalized spacial score (nSPS) is 24.5. The Morgan fingerprint density at radius 1 is 1.36 bits per heavy atom. The van der Waals surface area contributed by atoms with Gasteiger partial charge < -0.3 is 15.5 Å². The van der Waals surface area contributed by atoms with Gasteiger partial charge in [0, 0.05) is 6.04 Å². The van der Waals surface area contributed by atoms with Crippen molar-refractivity contribution in [3.63, 3.8) is 0 Å². The van der Waals surface area contributed by atoms with E-state index in [9.17, 15) is 9.59 Å². The number of halogens is 1. The molecule has 3 rings (SSSR count). The Labute approximate surface area is 135 Å². The van der Waals surface area contributed by atoms with Crippen LogP contribution in [0.25, 0.3) is 0 Å². The Morgan fingerprint density at radius 2 is 2.14 bits per heavy atom. The minimum absolute atomic E-state index is 0.0775. The number of nitrogens with zero attached hydrogens (tertiary/aromatic N) is 1. The van der Waals surface area contributed by atoms with Crippen LogP contribution >= 0.6 is 11.6 Å². The van der Waals surface area contributed by atoms with Crippen molar-refractivity contribution in [2.24, 2.45) is 0 Å². The summed E-state index contributed by atoms with van der Waals surface area (Å²) in [4.78, 5) is 26.1. The summed E-state index contributed by atoms with van der Waals surface area (Å²) in [6.45, 7) is 2.00. The van der Waals surface area contributed by atoms with Crippen LogP contribution in [0.1, 0.15) is 31.2 Å². The molecular weight excluding hydrogens is 302 g/mol. The number of amides is 3. The first kappa shape index (κ1) is 15.2. The second kappa shape index (κ2) is 6.16. The van der Waals surface area contributed by atoms with Gasteiger partial charge in [-0.3, -0.25) is 4.79 Å². The van der Waals surface area contributed by atoms with Gasteiger partial charge in [0.2, 0.25) is 5.91 Å². The van der Waals surface area contributed by atoms with E-state index in [0.29, 0.717) is 10.7 Å². The molecule has 1 saturated heterocycles.